The molecular formula is C13H21NO3S. The third kappa shape index (κ3) is 6.14. The lowest BCUT2D eigenvalue weighted by Gasteiger charge is -2.14. The molecule has 0 aliphatic heterocycles. The predicted octanol–water partition coefficient (Wildman–Crippen LogP) is 1.51. The summed E-state index contributed by atoms with van der Waals surface area (Å²) in [5.74, 6) is 0.116. The van der Waals surface area contributed by atoms with E-state index in [2.05, 4.69) is 4.72 Å². The normalized spacial score (nSPS) is 15.3. The minimum absolute atomic E-state index is 0.00472. The summed E-state index contributed by atoms with van der Waals surface area (Å²) in [7, 11) is -3.30. The van der Waals surface area contributed by atoms with Gasteiger partial charge in [0, 0.05) is 6.54 Å². The molecule has 0 saturated heterocycles. The van der Waals surface area contributed by atoms with Crippen LogP contribution < -0.4 is 4.72 Å². The maximum Gasteiger partial charge on any atom is 0.215 e. The zero-order valence-corrected chi connectivity index (χ0v) is 11.7. The Morgan fingerprint density at radius 2 is 1.83 bits per heavy atom. The average molecular weight is 271 g/mol. The fourth-order valence-electron chi connectivity index (χ4n) is 1.78. The molecule has 4 nitrogen and oxygen atoms in total. The molecule has 0 unspecified atom stereocenters. The third-order valence-electron chi connectivity index (χ3n) is 2.59. The number of aliphatic hydroxyl groups is 1. The van der Waals surface area contributed by atoms with E-state index in [4.69, 9.17) is 0 Å². The third-order valence-corrected chi connectivity index (χ3v) is 3.91. The Kier molecular flexibility index (Phi) is 5.78. The Bertz CT molecular complexity index is 443. The highest BCUT2D eigenvalue weighted by Crippen LogP contribution is 2.07. The summed E-state index contributed by atoms with van der Waals surface area (Å²) in [6.45, 7) is 3.98. The summed E-state index contributed by atoms with van der Waals surface area (Å²) in [6.07, 6.45) is 0.187. The molecular weight excluding hydrogens is 250 g/mol. The summed E-state index contributed by atoms with van der Waals surface area (Å²) in [5.41, 5.74) is 0.771. The van der Waals surface area contributed by atoms with Crippen LogP contribution in [0.5, 0.6) is 0 Å². The van der Waals surface area contributed by atoms with Gasteiger partial charge in [0.2, 0.25) is 10.0 Å². The summed E-state index contributed by atoms with van der Waals surface area (Å²) < 4.78 is 26.2. The van der Waals surface area contributed by atoms with Crippen LogP contribution in [0.15, 0.2) is 30.3 Å². The van der Waals surface area contributed by atoms with Crippen molar-refractivity contribution >= 4 is 10.0 Å². The fourth-order valence-corrected chi connectivity index (χ4v) is 3.05. The Morgan fingerprint density at radius 1 is 1.22 bits per heavy atom. The zero-order chi connectivity index (χ0) is 13.6. The smallest absolute Gasteiger partial charge is 0.215 e. The minimum atomic E-state index is -3.30. The molecule has 2 N–H and O–H groups in total. The van der Waals surface area contributed by atoms with Gasteiger partial charge in [-0.05, 0) is 24.8 Å². The van der Waals surface area contributed by atoms with Crippen molar-refractivity contribution in [1.82, 2.24) is 4.72 Å². The first-order valence-corrected chi connectivity index (χ1v) is 7.73. The van der Waals surface area contributed by atoms with Crippen LogP contribution in [0.3, 0.4) is 0 Å². The van der Waals surface area contributed by atoms with Crippen LogP contribution >= 0.6 is 0 Å². The Balaban J connectivity index is 2.46. The Labute approximate surface area is 109 Å². The minimum Gasteiger partial charge on any atom is -0.393 e. The molecule has 0 bridgehead atoms. The average Bonchev–Trinajstić information content (AvgIpc) is 2.26. The standard InChI is InChI=1S/C13H21NO3S/c1-11(8-12(2)15)9-14-18(16,17)10-13-6-4-3-5-7-13/h3-7,11-12,14-15H,8-10H2,1-2H3/t11-,12+/m1/s1. The molecule has 18 heavy (non-hydrogen) atoms. The van der Waals surface area contributed by atoms with Crippen LogP contribution in [-0.2, 0) is 15.8 Å². The van der Waals surface area contributed by atoms with E-state index >= 15 is 0 Å². The first-order valence-electron chi connectivity index (χ1n) is 6.08. The lowest BCUT2D eigenvalue weighted by molar-refractivity contribution is 0.165. The summed E-state index contributed by atoms with van der Waals surface area (Å²) >= 11 is 0. The molecule has 0 saturated carbocycles. The van der Waals surface area contributed by atoms with Crippen molar-refractivity contribution in [2.45, 2.75) is 32.1 Å². The van der Waals surface area contributed by atoms with Crippen molar-refractivity contribution in [3.05, 3.63) is 35.9 Å². The molecule has 0 amide bonds. The van der Waals surface area contributed by atoms with Gasteiger partial charge in [-0.25, -0.2) is 13.1 Å². The second-order valence-electron chi connectivity index (χ2n) is 4.78. The molecule has 0 aromatic heterocycles. The largest absolute Gasteiger partial charge is 0.393 e. The van der Waals surface area contributed by atoms with Gasteiger partial charge in [-0.2, -0.15) is 0 Å². The van der Waals surface area contributed by atoms with Gasteiger partial charge in [0.15, 0.2) is 0 Å². The predicted molar refractivity (Wildman–Crippen MR) is 72.5 cm³/mol. The van der Waals surface area contributed by atoms with Crippen LogP contribution in [0.4, 0.5) is 0 Å². The topological polar surface area (TPSA) is 66.4 Å². The first-order chi connectivity index (χ1) is 8.39. The van der Waals surface area contributed by atoms with E-state index in [1.54, 1.807) is 19.1 Å². The van der Waals surface area contributed by atoms with Crippen LogP contribution in [-0.4, -0.2) is 26.2 Å². The van der Waals surface area contributed by atoms with Crippen molar-refractivity contribution in [3.63, 3.8) is 0 Å². The lowest BCUT2D eigenvalue weighted by Crippen LogP contribution is -2.30. The van der Waals surface area contributed by atoms with Crippen molar-refractivity contribution in [3.8, 4) is 0 Å². The van der Waals surface area contributed by atoms with E-state index in [-0.39, 0.29) is 11.7 Å². The van der Waals surface area contributed by atoms with Gasteiger partial charge < -0.3 is 5.11 Å². The molecule has 5 heteroatoms. The molecule has 0 heterocycles. The second-order valence-corrected chi connectivity index (χ2v) is 6.59. The number of aliphatic hydroxyl groups excluding tert-OH is 1. The molecule has 1 aromatic carbocycles. The highest BCUT2D eigenvalue weighted by atomic mass is 32.2. The molecule has 0 spiro atoms. The van der Waals surface area contributed by atoms with Crippen molar-refractivity contribution in [1.29, 1.82) is 0 Å². The number of nitrogens with one attached hydrogen (secondary N) is 1. The monoisotopic (exact) mass is 271 g/mol. The fraction of sp³-hybridized carbons (Fsp3) is 0.538. The van der Waals surface area contributed by atoms with Crippen molar-refractivity contribution in [2.24, 2.45) is 5.92 Å². The van der Waals surface area contributed by atoms with Gasteiger partial charge in [0.25, 0.3) is 0 Å². The molecule has 0 aliphatic carbocycles. The maximum atomic E-state index is 11.8. The SMILES string of the molecule is C[C@@H](CNS(=O)(=O)Cc1ccccc1)C[C@H](C)O. The van der Waals surface area contributed by atoms with E-state index in [0.717, 1.165) is 5.56 Å². The number of hydrogen-bond donors (Lipinski definition) is 2. The molecule has 1 aromatic rings. The van der Waals surface area contributed by atoms with Crippen LogP contribution in [0.2, 0.25) is 0 Å². The van der Waals surface area contributed by atoms with Crippen LogP contribution in [0, 0.1) is 5.92 Å². The van der Waals surface area contributed by atoms with Gasteiger partial charge in [-0.15, -0.1) is 0 Å². The first kappa shape index (κ1) is 15.1. The zero-order valence-electron chi connectivity index (χ0n) is 10.8. The Morgan fingerprint density at radius 3 is 2.39 bits per heavy atom. The van der Waals surface area contributed by atoms with Gasteiger partial charge in [-0.3, -0.25) is 0 Å². The molecule has 2 atom stereocenters. The Hall–Kier alpha value is -0.910. The maximum absolute atomic E-state index is 11.8. The second kappa shape index (κ2) is 6.87. The van der Waals surface area contributed by atoms with Crippen LogP contribution in [0.1, 0.15) is 25.8 Å². The number of benzene rings is 1. The van der Waals surface area contributed by atoms with Gasteiger partial charge in [0.1, 0.15) is 0 Å². The van der Waals surface area contributed by atoms with Crippen LogP contribution in [0.25, 0.3) is 0 Å². The quantitative estimate of drug-likeness (QED) is 0.790. The molecule has 102 valence electrons. The summed E-state index contributed by atoms with van der Waals surface area (Å²) in [5, 5.41) is 9.21. The lowest BCUT2D eigenvalue weighted by atomic mass is 10.1. The van der Waals surface area contributed by atoms with E-state index in [9.17, 15) is 13.5 Å². The number of sulfonamides is 1. The highest BCUT2D eigenvalue weighted by molar-refractivity contribution is 7.88. The van der Waals surface area contributed by atoms with Gasteiger partial charge >= 0.3 is 0 Å². The van der Waals surface area contributed by atoms with E-state index in [0.29, 0.717) is 13.0 Å². The summed E-state index contributed by atoms with van der Waals surface area (Å²) in [6, 6.07) is 9.08. The number of rotatable bonds is 7. The van der Waals surface area contributed by atoms with E-state index in [1.807, 2.05) is 25.1 Å². The molecule has 1 rings (SSSR count). The van der Waals surface area contributed by atoms with E-state index < -0.39 is 16.1 Å². The molecule has 0 aliphatic rings. The number of hydrogen-bond acceptors (Lipinski definition) is 3. The van der Waals surface area contributed by atoms with E-state index in [1.165, 1.54) is 0 Å². The van der Waals surface area contributed by atoms with Gasteiger partial charge in [0.05, 0.1) is 11.9 Å². The van der Waals surface area contributed by atoms with Crippen molar-refractivity contribution in [2.75, 3.05) is 6.54 Å². The highest BCUT2D eigenvalue weighted by Gasteiger charge is 2.13. The molecule has 0 radical (unpaired) electrons. The summed E-state index contributed by atoms with van der Waals surface area (Å²) in [4.78, 5) is 0. The van der Waals surface area contributed by atoms with Crippen molar-refractivity contribution < 1.29 is 13.5 Å². The molecule has 0 fully saturated rings. The van der Waals surface area contributed by atoms with Gasteiger partial charge in [-0.1, -0.05) is 37.3 Å².